The summed E-state index contributed by atoms with van der Waals surface area (Å²) in [7, 11) is 0. The van der Waals surface area contributed by atoms with Gasteiger partial charge < -0.3 is 5.32 Å². The number of nitro groups is 1. The third-order valence-electron chi connectivity index (χ3n) is 4.14. The number of hydrogen-bond donors (Lipinski definition) is 1. The molecule has 2 rings (SSSR count). The maximum Gasteiger partial charge on any atom is 0.283 e. The van der Waals surface area contributed by atoms with Crippen LogP contribution in [-0.2, 0) is 6.54 Å². The van der Waals surface area contributed by atoms with Gasteiger partial charge in [0.1, 0.15) is 0 Å². The quantitative estimate of drug-likeness (QED) is 0.652. The Hall–Kier alpha value is -0.940. The molecule has 1 aromatic carbocycles. The molecule has 0 bridgehead atoms. The summed E-state index contributed by atoms with van der Waals surface area (Å²) >= 11 is 3.21. The van der Waals surface area contributed by atoms with Gasteiger partial charge in [-0.2, -0.15) is 0 Å². The van der Waals surface area contributed by atoms with E-state index >= 15 is 0 Å². The van der Waals surface area contributed by atoms with Gasteiger partial charge in [-0.05, 0) is 58.7 Å². The minimum atomic E-state index is -0.350. The van der Waals surface area contributed by atoms with Crippen LogP contribution < -0.4 is 5.32 Å². The molecule has 0 aliphatic heterocycles. The number of nitrogens with one attached hydrogen (secondary N) is 1. The van der Waals surface area contributed by atoms with Gasteiger partial charge in [0.25, 0.3) is 5.69 Å². The van der Waals surface area contributed by atoms with Gasteiger partial charge in [-0.3, -0.25) is 10.1 Å². The minimum Gasteiger partial charge on any atom is -0.310 e. The van der Waals surface area contributed by atoms with Gasteiger partial charge in [0.15, 0.2) is 0 Å². The van der Waals surface area contributed by atoms with Crippen LogP contribution in [0.3, 0.4) is 0 Å². The predicted octanol–water partition coefficient (Wildman–Crippen LogP) is 4.42. The van der Waals surface area contributed by atoms with Crippen LogP contribution in [0, 0.1) is 15.5 Å². The zero-order valence-electron chi connectivity index (χ0n) is 12.0. The molecule has 1 aliphatic carbocycles. The van der Waals surface area contributed by atoms with Crippen molar-refractivity contribution in [1.29, 1.82) is 0 Å². The Labute approximate surface area is 128 Å². The Balaban J connectivity index is 1.92. The van der Waals surface area contributed by atoms with Crippen molar-refractivity contribution in [3.8, 4) is 0 Å². The van der Waals surface area contributed by atoms with Gasteiger partial charge in [0, 0.05) is 18.7 Å². The zero-order chi connectivity index (χ0) is 14.8. The summed E-state index contributed by atoms with van der Waals surface area (Å²) in [5.74, 6) is 0. The van der Waals surface area contributed by atoms with E-state index < -0.39 is 0 Å². The Morgan fingerprint density at radius 3 is 2.65 bits per heavy atom. The zero-order valence-corrected chi connectivity index (χ0v) is 13.6. The number of nitrogens with zero attached hydrogens (tertiary/aromatic N) is 1. The highest BCUT2D eigenvalue weighted by atomic mass is 79.9. The lowest BCUT2D eigenvalue weighted by Crippen LogP contribution is -2.35. The minimum absolute atomic E-state index is 0.133. The van der Waals surface area contributed by atoms with Crippen LogP contribution in [0.25, 0.3) is 0 Å². The molecule has 1 N–H and O–H groups in total. The highest BCUT2D eigenvalue weighted by Gasteiger charge is 2.26. The van der Waals surface area contributed by atoms with Crippen molar-refractivity contribution >= 4 is 21.6 Å². The van der Waals surface area contributed by atoms with E-state index in [2.05, 4.69) is 35.1 Å². The van der Waals surface area contributed by atoms with E-state index in [9.17, 15) is 10.1 Å². The average Bonchev–Trinajstić information content (AvgIpc) is 2.38. The number of rotatable bonds is 4. The molecular formula is C15H21BrN2O2. The summed E-state index contributed by atoms with van der Waals surface area (Å²) < 4.78 is 0.533. The summed E-state index contributed by atoms with van der Waals surface area (Å²) in [5, 5.41) is 14.4. The summed E-state index contributed by atoms with van der Waals surface area (Å²) in [6, 6.07) is 5.85. The highest BCUT2D eigenvalue weighted by Crippen LogP contribution is 2.35. The molecule has 0 aromatic heterocycles. The molecule has 0 spiro atoms. The first-order valence-corrected chi connectivity index (χ1v) is 7.83. The van der Waals surface area contributed by atoms with E-state index in [1.54, 1.807) is 12.1 Å². The van der Waals surface area contributed by atoms with Crippen molar-refractivity contribution in [3.63, 3.8) is 0 Å². The predicted molar refractivity (Wildman–Crippen MR) is 83.7 cm³/mol. The number of halogens is 1. The Morgan fingerprint density at radius 1 is 1.40 bits per heavy atom. The molecule has 0 atom stereocenters. The summed E-state index contributed by atoms with van der Waals surface area (Å²) in [6.45, 7) is 5.34. The lowest BCUT2D eigenvalue weighted by atomic mass is 9.75. The summed E-state index contributed by atoms with van der Waals surface area (Å²) in [6.07, 6.45) is 4.85. The van der Waals surface area contributed by atoms with E-state index in [4.69, 9.17) is 0 Å². The van der Waals surface area contributed by atoms with Crippen LogP contribution in [0.4, 0.5) is 5.69 Å². The maximum absolute atomic E-state index is 10.9. The Bertz CT molecular complexity index is 493. The highest BCUT2D eigenvalue weighted by molar-refractivity contribution is 9.10. The largest absolute Gasteiger partial charge is 0.310 e. The molecule has 1 aliphatic rings. The molecule has 0 heterocycles. The molecule has 0 radical (unpaired) electrons. The van der Waals surface area contributed by atoms with Crippen LogP contribution in [0.5, 0.6) is 0 Å². The average molecular weight is 341 g/mol. The molecule has 0 saturated heterocycles. The molecule has 4 nitrogen and oxygen atoms in total. The van der Waals surface area contributed by atoms with Gasteiger partial charge >= 0.3 is 0 Å². The molecule has 1 aromatic rings. The summed E-state index contributed by atoms with van der Waals surface area (Å²) in [5.41, 5.74) is 1.56. The fraction of sp³-hybridized carbons (Fsp3) is 0.600. The fourth-order valence-electron chi connectivity index (χ4n) is 2.67. The van der Waals surface area contributed by atoms with Gasteiger partial charge in [-0.15, -0.1) is 0 Å². The van der Waals surface area contributed by atoms with E-state index in [-0.39, 0.29) is 10.6 Å². The van der Waals surface area contributed by atoms with Gasteiger partial charge in [0.2, 0.25) is 0 Å². The van der Waals surface area contributed by atoms with E-state index in [1.807, 2.05) is 6.07 Å². The second kappa shape index (κ2) is 6.22. The molecule has 1 fully saturated rings. The van der Waals surface area contributed by atoms with Crippen molar-refractivity contribution in [2.75, 3.05) is 0 Å². The van der Waals surface area contributed by atoms with Crippen LogP contribution in [0.15, 0.2) is 22.7 Å². The second-order valence-corrected chi connectivity index (χ2v) is 7.22. The third-order valence-corrected chi connectivity index (χ3v) is 4.81. The Kier molecular flexibility index (Phi) is 4.81. The lowest BCUT2D eigenvalue weighted by molar-refractivity contribution is -0.385. The summed E-state index contributed by atoms with van der Waals surface area (Å²) in [4.78, 5) is 10.6. The molecular weight excluding hydrogens is 320 g/mol. The molecule has 1 saturated carbocycles. The number of hydrogen-bond acceptors (Lipinski definition) is 3. The van der Waals surface area contributed by atoms with E-state index in [0.29, 0.717) is 22.5 Å². The van der Waals surface area contributed by atoms with Gasteiger partial charge in [0.05, 0.1) is 9.40 Å². The van der Waals surface area contributed by atoms with Crippen molar-refractivity contribution in [2.45, 2.75) is 52.1 Å². The SMILES string of the molecule is CC1(C)CCC(NCc2ccc(Br)c([N+](=O)[O-])c2)CC1. The van der Waals surface area contributed by atoms with Crippen LogP contribution >= 0.6 is 15.9 Å². The first-order valence-electron chi connectivity index (χ1n) is 7.04. The number of benzene rings is 1. The maximum atomic E-state index is 10.9. The van der Waals surface area contributed by atoms with E-state index in [1.165, 1.54) is 25.7 Å². The van der Waals surface area contributed by atoms with E-state index in [0.717, 1.165) is 5.56 Å². The second-order valence-electron chi connectivity index (χ2n) is 6.36. The molecule has 110 valence electrons. The van der Waals surface area contributed by atoms with Gasteiger partial charge in [-0.1, -0.05) is 19.9 Å². The van der Waals surface area contributed by atoms with Crippen LogP contribution in [0.2, 0.25) is 0 Å². The Morgan fingerprint density at radius 2 is 2.05 bits per heavy atom. The fourth-order valence-corrected chi connectivity index (χ4v) is 3.07. The topological polar surface area (TPSA) is 55.2 Å². The smallest absolute Gasteiger partial charge is 0.283 e. The van der Waals surface area contributed by atoms with Crippen molar-refractivity contribution in [1.82, 2.24) is 5.32 Å². The normalized spacial score (nSPS) is 18.9. The van der Waals surface area contributed by atoms with Gasteiger partial charge in [-0.25, -0.2) is 0 Å². The van der Waals surface area contributed by atoms with Crippen molar-refractivity contribution in [2.24, 2.45) is 5.41 Å². The molecule has 0 amide bonds. The third kappa shape index (κ3) is 4.03. The van der Waals surface area contributed by atoms with Crippen molar-refractivity contribution in [3.05, 3.63) is 38.3 Å². The standard InChI is InChI=1S/C15H21BrN2O2/c1-15(2)7-5-12(6-8-15)17-10-11-3-4-13(16)14(9-11)18(19)20/h3-4,9,12,17H,5-8,10H2,1-2H3. The van der Waals surface area contributed by atoms with Crippen LogP contribution in [0.1, 0.15) is 45.1 Å². The molecule has 0 unspecified atom stereocenters. The number of nitro benzene ring substituents is 1. The molecule has 20 heavy (non-hydrogen) atoms. The first-order chi connectivity index (χ1) is 9.37. The van der Waals surface area contributed by atoms with Crippen molar-refractivity contribution < 1.29 is 4.92 Å². The van der Waals surface area contributed by atoms with Crippen LogP contribution in [-0.4, -0.2) is 11.0 Å². The lowest BCUT2D eigenvalue weighted by Gasteiger charge is -2.34. The monoisotopic (exact) mass is 340 g/mol. The molecule has 5 heteroatoms. The first kappa shape index (κ1) is 15.4.